The van der Waals surface area contributed by atoms with Crippen molar-refractivity contribution >= 4 is 29.2 Å². The van der Waals surface area contributed by atoms with Gasteiger partial charge >= 0.3 is 0 Å². The summed E-state index contributed by atoms with van der Waals surface area (Å²) in [6.07, 6.45) is 1.76. The van der Waals surface area contributed by atoms with Crippen LogP contribution in [0.4, 0.5) is 17.1 Å². The molecule has 0 aliphatic carbocycles. The fourth-order valence-electron chi connectivity index (χ4n) is 3.63. The number of hydrogen-bond donors (Lipinski definition) is 1. The molecule has 0 saturated carbocycles. The van der Waals surface area contributed by atoms with Gasteiger partial charge in [0, 0.05) is 38.6 Å². The molecule has 1 heterocycles. The van der Waals surface area contributed by atoms with Crippen LogP contribution in [0.25, 0.3) is 5.69 Å². The Balaban J connectivity index is 1.55. The number of hydrogen-bond acceptors (Lipinski definition) is 4. The molecule has 0 radical (unpaired) electrons. The predicted molar refractivity (Wildman–Crippen MR) is 138 cm³/mol. The summed E-state index contributed by atoms with van der Waals surface area (Å²) in [6, 6.07) is 24.4. The van der Waals surface area contributed by atoms with Gasteiger partial charge in [0.2, 0.25) is 0 Å². The average molecular weight is 454 g/mol. The van der Waals surface area contributed by atoms with Gasteiger partial charge < -0.3 is 10.2 Å². The van der Waals surface area contributed by atoms with Gasteiger partial charge in [-0.1, -0.05) is 36.4 Å². The Morgan fingerprint density at radius 3 is 2.35 bits per heavy atom. The highest BCUT2D eigenvalue weighted by Crippen LogP contribution is 2.18. The molecular formula is C27H27N5O2. The second kappa shape index (κ2) is 9.62. The molecule has 7 nitrogen and oxygen atoms in total. The van der Waals surface area contributed by atoms with Crippen LogP contribution in [0.15, 0.2) is 88.6 Å². The number of amides is 1. The van der Waals surface area contributed by atoms with Gasteiger partial charge in [0.1, 0.15) is 5.69 Å². The summed E-state index contributed by atoms with van der Waals surface area (Å²) in [6.45, 7) is 1.80. The molecule has 0 unspecified atom stereocenters. The monoisotopic (exact) mass is 453 g/mol. The zero-order chi connectivity index (χ0) is 24.2. The maximum atomic E-state index is 13.1. The van der Waals surface area contributed by atoms with E-state index in [-0.39, 0.29) is 17.2 Å². The fourth-order valence-corrected chi connectivity index (χ4v) is 3.63. The molecule has 1 aromatic heterocycles. The van der Waals surface area contributed by atoms with Crippen LogP contribution in [0.2, 0.25) is 0 Å². The van der Waals surface area contributed by atoms with Crippen LogP contribution in [-0.2, 0) is 7.05 Å². The summed E-state index contributed by atoms with van der Waals surface area (Å²) in [5.74, 6) is -0.363. The smallest absolute Gasteiger partial charge is 0.295 e. The Morgan fingerprint density at radius 2 is 1.68 bits per heavy atom. The Kier molecular flexibility index (Phi) is 6.45. The number of para-hydroxylation sites is 1. The summed E-state index contributed by atoms with van der Waals surface area (Å²) in [4.78, 5) is 32.6. The summed E-state index contributed by atoms with van der Waals surface area (Å²) in [5.41, 5.74) is 4.51. The van der Waals surface area contributed by atoms with Crippen molar-refractivity contribution in [2.45, 2.75) is 6.92 Å². The summed E-state index contributed by atoms with van der Waals surface area (Å²) >= 11 is 0. The van der Waals surface area contributed by atoms with Gasteiger partial charge in [0.25, 0.3) is 11.5 Å². The third-order valence-corrected chi connectivity index (χ3v) is 5.67. The van der Waals surface area contributed by atoms with Crippen LogP contribution in [0, 0.1) is 6.92 Å². The third-order valence-electron chi connectivity index (χ3n) is 5.67. The highest BCUT2D eigenvalue weighted by atomic mass is 16.2. The molecule has 4 rings (SSSR count). The predicted octanol–water partition coefficient (Wildman–Crippen LogP) is 4.55. The molecule has 7 heteroatoms. The van der Waals surface area contributed by atoms with Gasteiger partial charge in [-0.3, -0.25) is 19.3 Å². The zero-order valence-electron chi connectivity index (χ0n) is 19.7. The van der Waals surface area contributed by atoms with Crippen LogP contribution < -0.4 is 15.8 Å². The van der Waals surface area contributed by atoms with E-state index in [1.165, 1.54) is 4.68 Å². The van der Waals surface area contributed by atoms with E-state index >= 15 is 0 Å². The number of carbonyl (C=O) groups excluding carboxylic acids is 1. The Bertz CT molecular complexity index is 1400. The molecule has 0 bridgehead atoms. The number of aromatic nitrogens is 2. The topological polar surface area (TPSA) is 71.6 Å². The van der Waals surface area contributed by atoms with Crippen molar-refractivity contribution in [1.29, 1.82) is 0 Å². The summed E-state index contributed by atoms with van der Waals surface area (Å²) in [7, 11) is 5.78. The lowest BCUT2D eigenvalue weighted by atomic mass is 10.2. The lowest BCUT2D eigenvalue weighted by Gasteiger charge is -2.11. The second-order valence-corrected chi connectivity index (χ2v) is 8.19. The number of aliphatic imine (C=N–C) groups is 1. The number of benzene rings is 3. The first-order valence-electron chi connectivity index (χ1n) is 10.9. The quantitative estimate of drug-likeness (QED) is 0.435. The van der Waals surface area contributed by atoms with Crippen molar-refractivity contribution in [1.82, 2.24) is 9.36 Å². The van der Waals surface area contributed by atoms with Crippen LogP contribution in [0.1, 0.15) is 21.6 Å². The molecule has 34 heavy (non-hydrogen) atoms. The molecule has 0 atom stereocenters. The first-order valence-corrected chi connectivity index (χ1v) is 10.9. The molecule has 0 fully saturated rings. The number of nitrogens with one attached hydrogen (secondary N) is 1. The average Bonchev–Trinajstić information content (AvgIpc) is 3.06. The van der Waals surface area contributed by atoms with Crippen molar-refractivity contribution in [3.8, 4) is 5.69 Å². The largest absolute Gasteiger partial charge is 0.378 e. The van der Waals surface area contributed by atoms with Crippen LogP contribution in [0.3, 0.4) is 0 Å². The number of carbonyl (C=O) groups is 1. The van der Waals surface area contributed by atoms with Gasteiger partial charge in [-0.15, -0.1) is 0 Å². The first-order chi connectivity index (χ1) is 16.3. The second-order valence-electron chi connectivity index (χ2n) is 8.19. The lowest BCUT2D eigenvalue weighted by molar-refractivity contribution is 0.102. The van der Waals surface area contributed by atoms with E-state index < -0.39 is 0 Å². The molecule has 0 aliphatic heterocycles. The van der Waals surface area contributed by atoms with Crippen LogP contribution in [-0.4, -0.2) is 35.6 Å². The molecule has 4 aromatic rings. The summed E-state index contributed by atoms with van der Waals surface area (Å²) < 4.78 is 3.27. The third kappa shape index (κ3) is 4.68. The van der Waals surface area contributed by atoms with Crippen molar-refractivity contribution in [2.24, 2.45) is 12.0 Å². The first kappa shape index (κ1) is 22.8. The van der Waals surface area contributed by atoms with Gasteiger partial charge in [0.15, 0.2) is 0 Å². The fraction of sp³-hybridized carbons (Fsp3) is 0.148. The molecule has 0 saturated heterocycles. The van der Waals surface area contributed by atoms with E-state index in [4.69, 9.17) is 0 Å². The zero-order valence-corrected chi connectivity index (χ0v) is 19.7. The highest BCUT2D eigenvalue weighted by Gasteiger charge is 2.18. The Hall–Kier alpha value is -4.39. The maximum absolute atomic E-state index is 13.1. The van der Waals surface area contributed by atoms with Gasteiger partial charge in [-0.05, 0) is 55.0 Å². The highest BCUT2D eigenvalue weighted by molar-refractivity contribution is 6.05. The van der Waals surface area contributed by atoms with Crippen molar-refractivity contribution < 1.29 is 4.79 Å². The Morgan fingerprint density at radius 1 is 0.971 bits per heavy atom. The van der Waals surface area contributed by atoms with Crippen molar-refractivity contribution in [3.05, 3.63) is 106 Å². The van der Waals surface area contributed by atoms with Crippen molar-refractivity contribution in [3.63, 3.8) is 0 Å². The van der Waals surface area contributed by atoms with Crippen LogP contribution >= 0.6 is 0 Å². The van der Waals surface area contributed by atoms with Gasteiger partial charge in [0.05, 0.1) is 17.1 Å². The molecule has 3 aromatic carbocycles. The van der Waals surface area contributed by atoms with E-state index in [1.54, 1.807) is 43.1 Å². The molecule has 0 spiro atoms. The Labute approximate surface area is 198 Å². The van der Waals surface area contributed by atoms with E-state index in [2.05, 4.69) is 10.3 Å². The van der Waals surface area contributed by atoms with Gasteiger partial charge in [-0.2, -0.15) is 0 Å². The molecule has 1 amide bonds. The molecule has 0 aliphatic rings. The number of nitrogens with zero attached hydrogens (tertiary/aromatic N) is 4. The number of anilines is 2. The van der Waals surface area contributed by atoms with E-state index in [0.717, 1.165) is 16.9 Å². The minimum Gasteiger partial charge on any atom is -0.378 e. The SMILES string of the molecule is Cc1c(NC(=O)c2cccc(N=Cc3ccc(N(C)C)cc3)c2)c(=O)n(-c2ccccc2)n1C. The molecule has 172 valence electrons. The minimum absolute atomic E-state index is 0.256. The van der Waals surface area contributed by atoms with Gasteiger partial charge in [-0.25, -0.2) is 4.68 Å². The number of rotatable bonds is 6. The minimum atomic E-state index is -0.363. The maximum Gasteiger partial charge on any atom is 0.295 e. The van der Waals surface area contributed by atoms with Crippen LogP contribution in [0.5, 0.6) is 0 Å². The lowest BCUT2D eigenvalue weighted by Crippen LogP contribution is -2.22. The van der Waals surface area contributed by atoms with E-state index in [0.29, 0.717) is 16.9 Å². The molecular weight excluding hydrogens is 426 g/mol. The standard InChI is InChI=1S/C27H27N5O2/c1-19-25(27(34)32(31(19)4)24-11-6-5-7-12-24)29-26(33)21-9-8-10-22(17-21)28-18-20-13-15-23(16-14-20)30(2)3/h5-18H,1-4H3,(H,29,33). The summed E-state index contributed by atoms with van der Waals surface area (Å²) in [5, 5.41) is 2.79. The normalized spacial score (nSPS) is 11.1. The van der Waals surface area contributed by atoms with E-state index in [9.17, 15) is 9.59 Å². The van der Waals surface area contributed by atoms with E-state index in [1.807, 2.05) is 79.7 Å². The molecule has 1 N–H and O–H groups in total. The van der Waals surface area contributed by atoms with Crippen molar-refractivity contribution in [2.75, 3.05) is 24.3 Å².